The van der Waals surface area contributed by atoms with Crippen molar-refractivity contribution in [3.05, 3.63) is 52.1 Å². The molecular formula is C14H8BrF3N2S. The van der Waals surface area contributed by atoms with Gasteiger partial charge in [0.15, 0.2) is 0 Å². The van der Waals surface area contributed by atoms with E-state index in [2.05, 4.69) is 25.9 Å². The third-order valence-electron chi connectivity index (χ3n) is 2.84. The number of H-pyrrole nitrogens is 1. The fourth-order valence-electron chi connectivity index (χ4n) is 1.94. The smallest absolute Gasteiger partial charge is 0.333 e. The van der Waals surface area contributed by atoms with Crippen LogP contribution >= 0.6 is 27.3 Å². The molecule has 7 heteroatoms. The monoisotopic (exact) mass is 372 g/mol. The molecule has 2 heterocycles. The van der Waals surface area contributed by atoms with E-state index in [0.717, 1.165) is 3.79 Å². The van der Waals surface area contributed by atoms with Gasteiger partial charge < -0.3 is 4.98 Å². The first-order chi connectivity index (χ1) is 9.95. The Morgan fingerprint density at radius 3 is 2.33 bits per heavy atom. The fourth-order valence-corrected chi connectivity index (χ4v) is 3.33. The summed E-state index contributed by atoms with van der Waals surface area (Å²) in [5, 5.41) is 0. The number of alkyl halides is 3. The minimum absolute atomic E-state index is 0.303. The number of hydrogen-bond donors (Lipinski definition) is 1. The van der Waals surface area contributed by atoms with Crippen molar-refractivity contribution in [2.45, 2.75) is 6.18 Å². The van der Waals surface area contributed by atoms with E-state index < -0.39 is 12.0 Å². The normalized spacial score (nSPS) is 11.8. The first kappa shape index (κ1) is 14.3. The quantitative estimate of drug-likeness (QED) is 0.624. The molecule has 3 aromatic rings. The van der Waals surface area contributed by atoms with Gasteiger partial charge in [-0.05, 0) is 28.1 Å². The van der Waals surface area contributed by atoms with E-state index in [1.807, 2.05) is 6.07 Å². The van der Waals surface area contributed by atoms with E-state index in [-0.39, 0.29) is 0 Å². The van der Waals surface area contributed by atoms with Crippen LogP contribution in [0.5, 0.6) is 0 Å². The second-order valence-electron chi connectivity index (χ2n) is 4.28. The Hall–Kier alpha value is -1.60. The number of benzene rings is 1. The number of halogens is 4. The molecule has 0 saturated heterocycles. The van der Waals surface area contributed by atoms with Crippen LogP contribution in [0.15, 0.2) is 46.3 Å². The molecule has 0 fully saturated rings. The fraction of sp³-hybridized carbons (Fsp3) is 0.0714. The molecule has 1 aromatic carbocycles. The van der Waals surface area contributed by atoms with Crippen molar-refractivity contribution in [3.8, 4) is 21.8 Å². The van der Waals surface area contributed by atoms with Crippen molar-refractivity contribution in [3.63, 3.8) is 0 Å². The van der Waals surface area contributed by atoms with Crippen LogP contribution < -0.4 is 0 Å². The van der Waals surface area contributed by atoms with Crippen LogP contribution in [0.1, 0.15) is 5.82 Å². The maximum Gasteiger partial charge on any atom is 0.449 e. The van der Waals surface area contributed by atoms with Gasteiger partial charge in [-0.2, -0.15) is 13.2 Å². The van der Waals surface area contributed by atoms with Crippen molar-refractivity contribution < 1.29 is 13.2 Å². The predicted molar refractivity (Wildman–Crippen MR) is 80.0 cm³/mol. The van der Waals surface area contributed by atoms with Crippen LogP contribution in [0.25, 0.3) is 21.8 Å². The second-order valence-corrected chi connectivity index (χ2v) is 6.74. The third kappa shape index (κ3) is 2.89. The van der Waals surface area contributed by atoms with Gasteiger partial charge in [-0.1, -0.05) is 30.3 Å². The molecule has 0 aliphatic rings. The van der Waals surface area contributed by atoms with Gasteiger partial charge in [0, 0.05) is 5.56 Å². The molecule has 2 aromatic heterocycles. The second kappa shape index (κ2) is 5.31. The van der Waals surface area contributed by atoms with Gasteiger partial charge in [-0.3, -0.25) is 0 Å². The molecule has 0 aliphatic carbocycles. The molecule has 2 nitrogen and oxygen atoms in total. The number of imidazole rings is 1. The number of thiophene rings is 1. The lowest BCUT2D eigenvalue weighted by molar-refractivity contribution is -0.144. The molecule has 0 radical (unpaired) electrons. The summed E-state index contributed by atoms with van der Waals surface area (Å²) >= 11 is 4.67. The largest absolute Gasteiger partial charge is 0.449 e. The lowest BCUT2D eigenvalue weighted by Crippen LogP contribution is -2.07. The number of nitrogens with one attached hydrogen (secondary N) is 1. The first-order valence-corrected chi connectivity index (χ1v) is 7.54. The van der Waals surface area contributed by atoms with Crippen molar-refractivity contribution in [1.82, 2.24) is 9.97 Å². The number of nitrogens with zero attached hydrogens (tertiary/aromatic N) is 1. The zero-order valence-electron chi connectivity index (χ0n) is 10.4. The van der Waals surface area contributed by atoms with Gasteiger partial charge in [0.2, 0.25) is 5.82 Å². The minimum Gasteiger partial charge on any atom is -0.333 e. The van der Waals surface area contributed by atoms with Crippen LogP contribution in [0.3, 0.4) is 0 Å². The number of aromatic nitrogens is 2. The van der Waals surface area contributed by atoms with Crippen LogP contribution in [0.2, 0.25) is 0 Å². The average molecular weight is 373 g/mol. The van der Waals surface area contributed by atoms with E-state index in [9.17, 15) is 13.2 Å². The number of hydrogen-bond acceptors (Lipinski definition) is 2. The molecule has 21 heavy (non-hydrogen) atoms. The topological polar surface area (TPSA) is 28.7 Å². The highest BCUT2D eigenvalue weighted by Crippen LogP contribution is 2.39. The molecule has 0 saturated carbocycles. The summed E-state index contributed by atoms with van der Waals surface area (Å²) in [6.07, 6.45) is -4.50. The van der Waals surface area contributed by atoms with Gasteiger partial charge in [-0.15, -0.1) is 11.3 Å². The predicted octanol–water partition coefficient (Wildman–Crippen LogP) is 5.59. The Morgan fingerprint density at radius 1 is 1.05 bits per heavy atom. The number of aromatic amines is 1. The highest BCUT2D eigenvalue weighted by atomic mass is 79.9. The molecule has 0 atom stereocenters. The first-order valence-electron chi connectivity index (χ1n) is 5.93. The molecule has 0 aliphatic heterocycles. The van der Waals surface area contributed by atoms with Crippen molar-refractivity contribution in [1.29, 1.82) is 0 Å². The highest BCUT2D eigenvalue weighted by Gasteiger charge is 2.36. The minimum atomic E-state index is -4.50. The summed E-state index contributed by atoms with van der Waals surface area (Å²) in [5.74, 6) is -0.985. The molecule has 3 rings (SSSR count). The Labute approximate surface area is 130 Å². The van der Waals surface area contributed by atoms with Crippen LogP contribution in [0.4, 0.5) is 13.2 Å². The van der Waals surface area contributed by atoms with Gasteiger partial charge in [0.1, 0.15) is 0 Å². The van der Waals surface area contributed by atoms with Crippen LogP contribution in [-0.4, -0.2) is 9.97 Å². The Kier molecular flexibility index (Phi) is 3.62. The Bertz CT molecular complexity index is 762. The standard InChI is InChI=1S/C14H8BrF3N2S/c15-10-7-6-9(21-10)12-11(8-4-2-1-3-5-8)19-13(20-12)14(16,17)18/h1-7H,(H,19,20). The third-order valence-corrected chi connectivity index (χ3v) is 4.48. The Morgan fingerprint density at radius 2 is 1.76 bits per heavy atom. The summed E-state index contributed by atoms with van der Waals surface area (Å²) in [5.41, 5.74) is 1.32. The summed E-state index contributed by atoms with van der Waals surface area (Å²) in [7, 11) is 0. The Balaban J connectivity index is 2.20. The van der Waals surface area contributed by atoms with E-state index in [4.69, 9.17) is 0 Å². The van der Waals surface area contributed by atoms with Gasteiger partial charge >= 0.3 is 6.18 Å². The maximum absolute atomic E-state index is 12.9. The van der Waals surface area contributed by atoms with E-state index in [0.29, 0.717) is 21.8 Å². The molecule has 108 valence electrons. The SMILES string of the molecule is FC(F)(F)c1nc(-c2ccccc2)c(-c2ccc(Br)s2)[nH]1. The van der Waals surface area contributed by atoms with Crippen LogP contribution in [-0.2, 0) is 6.18 Å². The molecule has 0 amide bonds. The van der Waals surface area contributed by atoms with E-state index >= 15 is 0 Å². The van der Waals surface area contributed by atoms with Gasteiger partial charge in [-0.25, -0.2) is 4.98 Å². The molecule has 0 unspecified atom stereocenters. The van der Waals surface area contributed by atoms with E-state index in [1.54, 1.807) is 36.4 Å². The van der Waals surface area contributed by atoms with Gasteiger partial charge in [0.25, 0.3) is 0 Å². The lowest BCUT2D eigenvalue weighted by Gasteiger charge is -1.99. The van der Waals surface area contributed by atoms with Crippen molar-refractivity contribution in [2.75, 3.05) is 0 Å². The summed E-state index contributed by atoms with van der Waals surface area (Å²) in [4.78, 5) is 6.85. The number of rotatable bonds is 2. The molecule has 0 spiro atoms. The summed E-state index contributed by atoms with van der Waals surface area (Å²) in [6.45, 7) is 0. The van der Waals surface area contributed by atoms with Crippen molar-refractivity contribution in [2.24, 2.45) is 0 Å². The maximum atomic E-state index is 12.9. The average Bonchev–Trinajstić information content (AvgIpc) is 3.05. The highest BCUT2D eigenvalue weighted by molar-refractivity contribution is 9.11. The molecular weight excluding hydrogens is 365 g/mol. The molecule has 0 bridgehead atoms. The van der Waals surface area contributed by atoms with Crippen LogP contribution in [0, 0.1) is 0 Å². The van der Waals surface area contributed by atoms with Gasteiger partial charge in [0.05, 0.1) is 20.1 Å². The lowest BCUT2D eigenvalue weighted by atomic mass is 10.1. The van der Waals surface area contributed by atoms with E-state index in [1.165, 1.54) is 11.3 Å². The zero-order valence-corrected chi connectivity index (χ0v) is 12.8. The zero-order chi connectivity index (χ0) is 15.0. The molecule has 1 N–H and O–H groups in total. The summed E-state index contributed by atoms with van der Waals surface area (Å²) < 4.78 is 39.6. The summed E-state index contributed by atoms with van der Waals surface area (Å²) in [6, 6.07) is 12.4. The van der Waals surface area contributed by atoms with Crippen molar-refractivity contribution >= 4 is 27.3 Å².